The van der Waals surface area contributed by atoms with Crippen molar-refractivity contribution in [1.82, 2.24) is 9.78 Å². The summed E-state index contributed by atoms with van der Waals surface area (Å²) in [5, 5.41) is 3.07. The Hall–Kier alpha value is -2.88. The third-order valence-corrected chi connectivity index (χ3v) is 3.60. The first-order valence-electron chi connectivity index (χ1n) is 7.06. The van der Waals surface area contributed by atoms with Gasteiger partial charge in [0.15, 0.2) is 5.78 Å². The summed E-state index contributed by atoms with van der Waals surface area (Å²) in [7, 11) is 0. The molecular formula is C18H16N2O2. The fourth-order valence-corrected chi connectivity index (χ4v) is 2.45. The molecule has 0 amide bonds. The number of nitrogens with one attached hydrogen (secondary N) is 1. The molecule has 0 fully saturated rings. The van der Waals surface area contributed by atoms with Gasteiger partial charge in [0, 0.05) is 5.56 Å². The highest BCUT2D eigenvalue weighted by Gasteiger charge is 2.19. The predicted molar refractivity (Wildman–Crippen MR) is 86.6 cm³/mol. The number of aromatic amines is 1. The van der Waals surface area contributed by atoms with E-state index in [2.05, 4.69) is 5.10 Å². The van der Waals surface area contributed by atoms with E-state index < -0.39 is 0 Å². The monoisotopic (exact) mass is 292 g/mol. The summed E-state index contributed by atoms with van der Waals surface area (Å²) >= 11 is 0. The highest BCUT2D eigenvalue weighted by atomic mass is 16.2. The lowest BCUT2D eigenvalue weighted by Gasteiger charge is -2.02. The number of hydrogen-bond acceptors (Lipinski definition) is 2. The van der Waals surface area contributed by atoms with E-state index in [0.29, 0.717) is 11.4 Å². The van der Waals surface area contributed by atoms with E-state index in [-0.39, 0.29) is 16.9 Å². The minimum absolute atomic E-state index is 0.188. The van der Waals surface area contributed by atoms with Crippen LogP contribution in [0.3, 0.4) is 0 Å². The SMILES string of the molecule is CC(=O)c1c(-c2ccc(C)cc2)[nH]n(-c2ccccc2)c1=O. The molecule has 0 radical (unpaired) electrons. The van der Waals surface area contributed by atoms with E-state index in [4.69, 9.17) is 0 Å². The first-order valence-corrected chi connectivity index (χ1v) is 7.06. The molecule has 2 aromatic carbocycles. The number of carbonyl (C=O) groups excluding carboxylic acids is 1. The van der Waals surface area contributed by atoms with Crippen molar-refractivity contribution < 1.29 is 4.79 Å². The van der Waals surface area contributed by atoms with Crippen molar-refractivity contribution in [1.29, 1.82) is 0 Å². The van der Waals surface area contributed by atoms with Gasteiger partial charge in [-0.3, -0.25) is 14.7 Å². The van der Waals surface area contributed by atoms with Crippen LogP contribution >= 0.6 is 0 Å². The van der Waals surface area contributed by atoms with Gasteiger partial charge in [-0.15, -0.1) is 0 Å². The first kappa shape index (κ1) is 14.1. The Morgan fingerprint density at radius 2 is 1.64 bits per heavy atom. The van der Waals surface area contributed by atoms with E-state index in [1.54, 1.807) is 0 Å². The van der Waals surface area contributed by atoms with Gasteiger partial charge < -0.3 is 0 Å². The van der Waals surface area contributed by atoms with Crippen LogP contribution < -0.4 is 5.56 Å². The number of aromatic nitrogens is 2. The van der Waals surface area contributed by atoms with Gasteiger partial charge in [0.25, 0.3) is 5.56 Å². The van der Waals surface area contributed by atoms with Crippen molar-refractivity contribution >= 4 is 5.78 Å². The number of nitrogens with zero attached hydrogens (tertiary/aromatic N) is 1. The molecule has 4 nitrogen and oxygen atoms in total. The second-order valence-corrected chi connectivity index (χ2v) is 5.26. The average Bonchev–Trinajstić information content (AvgIpc) is 2.86. The molecular weight excluding hydrogens is 276 g/mol. The molecule has 0 aliphatic rings. The van der Waals surface area contributed by atoms with Gasteiger partial charge in [-0.2, -0.15) is 0 Å². The van der Waals surface area contributed by atoms with Crippen molar-refractivity contribution in [3.05, 3.63) is 76.1 Å². The predicted octanol–water partition coefficient (Wildman–Crippen LogP) is 3.34. The van der Waals surface area contributed by atoms with E-state index in [9.17, 15) is 9.59 Å². The molecule has 0 aliphatic heterocycles. The van der Waals surface area contributed by atoms with Crippen molar-refractivity contribution in [2.75, 3.05) is 0 Å². The quantitative estimate of drug-likeness (QED) is 0.753. The van der Waals surface area contributed by atoms with Gasteiger partial charge in [0.05, 0.1) is 11.4 Å². The molecule has 110 valence electrons. The Morgan fingerprint density at radius 3 is 2.23 bits per heavy atom. The summed E-state index contributed by atoms with van der Waals surface area (Å²) in [4.78, 5) is 24.5. The molecule has 0 bridgehead atoms. The number of hydrogen-bond donors (Lipinski definition) is 1. The third-order valence-electron chi connectivity index (χ3n) is 3.60. The minimum atomic E-state index is -0.325. The number of rotatable bonds is 3. The molecule has 0 unspecified atom stereocenters. The fraction of sp³-hybridized carbons (Fsp3) is 0.111. The van der Waals surface area contributed by atoms with Crippen LogP contribution in [-0.4, -0.2) is 15.6 Å². The number of carbonyl (C=O) groups is 1. The van der Waals surface area contributed by atoms with Gasteiger partial charge in [-0.05, 0) is 26.0 Å². The van der Waals surface area contributed by atoms with E-state index in [1.165, 1.54) is 11.6 Å². The fourth-order valence-electron chi connectivity index (χ4n) is 2.45. The van der Waals surface area contributed by atoms with Crippen molar-refractivity contribution in [3.8, 4) is 16.9 Å². The lowest BCUT2D eigenvalue weighted by Crippen LogP contribution is -2.19. The largest absolute Gasteiger partial charge is 0.294 e. The summed E-state index contributed by atoms with van der Waals surface area (Å²) in [5.74, 6) is -0.244. The second-order valence-electron chi connectivity index (χ2n) is 5.26. The zero-order valence-electron chi connectivity index (χ0n) is 12.5. The summed E-state index contributed by atoms with van der Waals surface area (Å²) in [6, 6.07) is 16.9. The van der Waals surface area contributed by atoms with Gasteiger partial charge in [-0.25, -0.2) is 4.68 Å². The van der Waals surface area contributed by atoms with Gasteiger partial charge in [-0.1, -0.05) is 48.0 Å². The molecule has 0 spiro atoms. The normalized spacial score (nSPS) is 10.6. The van der Waals surface area contributed by atoms with Crippen molar-refractivity contribution in [2.45, 2.75) is 13.8 Å². The average molecular weight is 292 g/mol. The Bertz CT molecular complexity index is 872. The standard InChI is InChI=1S/C18H16N2O2/c1-12-8-10-14(11-9-12)17-16(13(2)21)18(22)20(19-17)15-6-4-3-5-7-15/h3-11,19H,1-2H3. The minimum Gasteiger partial charge on any atom is -0.294 e. The van der Waals surface area contributed by atoms with Crippen LogP contribution in [0.25, 0.3) is 16.9 Å². The van der Waals surface area contributed by atoms with Crippen LogP contribution in [0, 0.1) is 6.92 Å². The molecule has 0 saturated carbocycles. The zero-order chi connectivity index (χ0) is 15.7. The van der Waals surface area contributed by atoms with Crippen LogP contribution in [0.4, 0.5) is 0 Å². The second kappa shape index (κ2) is 5.48. The summed E-state index contributed by atoms with van der Waals surface area (Å²) in [6.07, 6.45) is 0. The topological polar surface area (TPSA) is 54.9 Å². The molecule has 1 heterocycles. The van der Waals surface area contributed by atoms with E-state index >= 15 is 0 Å². The molecule has 0 saturated heterocycles. The Kier molecular flexibility index (Phi) is 3.51. The smallest absolute Gasteiger partial charge is 0.282 e. The van der Waals surface area contributed by atoms with Crippen molar-refractivity contribution in [2.24, 2.45) is 0 Å². The lowest BCUT2D eigenvalue weighted by atomic mass is 10.0. The highest BCUT2D eigenvalue weighted by Crippen LogP contribution is 2.21. The number of ketones is 1. The van der Waals surface area contributed by atoms with E-state index in [0.717, 1.165) is 11.1 Å². The Balaban J connectivity index is 2.25. The maximum Gasteiger partial charge on any atom is 0.282 e. The molecule has 0 aliphatic carbocycles. The molecule has 1 N–H and O–H groups in total. The summed E-state index contributed by atoms with van der Waals surface area (Å²) < 4.78 is 1.41. The zero-order valence-corrected chi connectivity index (χ0v) is 12.5. The number of aryl methyl sites for hydroxylation is 1. The highest BCUT2D eigenvalue weighted by molar-refractivity contribution is 5.99. The van der Waals surface area contributed by atoms with Gasteiger partial charge in [0.1, 0.15) is 5.56 Å². The van der Waals surface area contributed by atoms with E-state index in [1.807, 2.05) is 61.5 Å². The third kappa shape index (κ3) is 2.39. The molecule has 4 heteroatoms. The van der Waals surface area contributed by atoms with Gasteiger partial charge >= 0.3 is 0 Å². The number of para-hydroxylation sites is 1. The van der Waals surface area contributed by atoms with Crippen LogP contribution in [0.1, 0.15) is 22.8 Å². The Morgan fingerprint density at radius 1 is 1.00 bits per heavy atom. The molecule has 3 rings (SSSR count). The maximum absolute atomic E-state index is 12.6. The van der Waals surface area contributed by atoms with Crippen molar-refractivity contribution in [3.63, 3.8) is 0 Å². The molecule has 22 heavy (non-hydrogen) atoms. The van der Waals surface area contributed by atoms with Crippen LogP contribution in [0.15, 0.2) is 59.4 Å². The van der Waals surface area contributed by atoms with Crippen LogP contribution in [0.2, 0.25) is 0 Å². The lowest BCUT2D eigenvalue weighted by molar-refractivity contribution is 0.101. The molecule has 3 aromatic rings. The Labute approximate surface area is 128 Å². The van der Waals surface area contributed by atoms with Gasteiger partial charge in [0.2, 0.25) is 0 Å². The number of H-pyrrole nitrogens is 1. The molecule has 0 atom stereocenters. The van der Waals surface area contributed by atoms with Crippen LogP contribution in [0.5, 0.6) is 0 Å². The summed E-state index contributed by atoms with van der Waals surface area (Å²) in [5.41, 5.74) is 3.07. The number of benzene rings is 2. The maximum atomic E-state index is 12.6. The molecule has 1 aromatic heterocycles. The number of Topliss-reactive ketones (excluding diaryl/α,β-unsaturated/α-hetero) is 1. The van der Waals surface area contributed by atoms with Crippen LogP contribution in [-0.2, 0) is 0 Å². The summed E-state index contributed by atoms with van der Waals surface area (Å²) in [6.45, 7) is 3.41. The first-order chi connectivity index (χ1) is 10.6.